The van der Waals surface area contributed by atoms with Crippen molar-refractivity contribution in [3.8, 4) is 28.6 Å². The first kappa shape index (κ1) is 17.5. The van der Waals surface area contributed by atoms with Gasteiger partial charge in [-0.1, -0.05) is 30.3 Å². The molecule has 134 valence electrons. The van der Waals surface area contributed by atoms with Crippen LogP contribution in [0.3, 0.4) is 0 Å². The third kappa shape index (κ3) is 3.39. The average Bonchev–Trinajstić information content (AvgIpc) is 2.63. The molecule has 2 N–H and O–H groups in total. The minimum absolute atomic E-state index is 0.0576. The van der Waals surface area contributed by atoms with E-state index >= 15 is 0 Å². The van der Waals surface area contributed by atoms with Crippen LogP contribution >= 0.6 is 0 Å². The Morgan fingerprint density at radius 2 is 1.58 bits per heavy atom. The number of anilines is 1. The highest BCUT2D eigenvalue weighted by Gasteiger charge is 2.34. The van der Waals surface area contributed by atoms with E-state index in [4.69, 9.17) is 15.2 Å². The fraction of sp³-hybridized carbons (Fsp3) is 0.111. The van der Waals surface area contributed by atoms with E-state index in [-0.39, 0.29) is 22.8 Å². The van der Waals surface area contributed by atoms with Gasteiger partial charge in [0.05, 0.1) is 12.7 Å². The maximum atomic E-state index is 13.3. The van der Waals surface area contributed by atoms with E-state index in [1.54, 1.807) is 24.3 Å². The summed E-state index contributed by atoms with van der Waals surface area (Å²) in [5.74, 6) is 0.703. The highest BCUT2D eigenvalue weighted by Crippen LogP contribution is 2.40. The molecular weight excluding hydrogens is 347 g/mol. The second-order valence-corrected chi connectivity index (χ2v) is 5.24. The van der Waals surface area contributed by atoms with Gasteiger partial charge in [-0.15, -0.1) is 0 Å². The van der Waals surface area contributed by atoms with E-state index in [1.807, 2.05) is 0 Å². The maximum Gasteiger partial charge on any atom is 0.417 e. The number of para-hydroxylation sites is 2. The van der Waals surface area contributed by atoms with Crippen LogP contribution in [0, 0.1) is 0 Å². The molecule has 0 bridgehead atoms. The number of hydrogen-bond donors (Lipinski definition) is 1. The Morgan fingerprint density at radius 1 is 0.923 bits per heavy atom. The Balaban J connectivity index is 2.07. The molecule has 5 nitrogen and oxygen atoms in total. The van der Waals surface area contributed by atoms with Crippen LogP contribution in [0.2, 0.25) is 0 Å². The smallest absolute Gasteiger partial charge is 0.417 e. The zero-order valence-corrected chi connectivity index (χ0v) is 13.6. The van der Waals surface area contributed by atoms with Crippen LogP contribution in [0.1, 0.15) is 5.56 Å². The number of ether oxygens (including phenoxy) is 2. The molecule has 1 aromatic heterocycles. The van der Waals surface area contributed by atoms with Gasteiger partial charge in [-0.25, -0.2) is 4.98 Å². The molecule has 1 heterocycles. The number of nitrogen functional groups attached to an aromatic ring is 1. The van der Waals surface area contributed by atoms with Gasteiger partial charge in [-0.2, -0.15) is 18.2 Å². The molecule has 8 heteroatoms. The lowest BCUT2D eigenvalue weighted by Gasteiger charge is -2.15. The Bertz CT molecular complexity index is 930. The second kappa shape index (κ2) is 6.91. The van der Waals surface area contributed by atoms with E-state index in [0.717, 1.165) is 12.4 Å². The minimum Gasteiger partial charge on any atom is -0.493 e. The number of nitrogens with zero attached hydrogens (tertiary/aromatic N) is 2. The molecule has 0 aliphatic heterocycles. The number of rotatable bonds is 4. The molecule has 0 atom stereocenters. The lowest BCUT2D eigenvalue weighted by molar-refractivity contribution is -0.137. The second-order valence-electron chi connectivity index (χ2n) is 5.24. The summed E-state index contributed by atoms with van der Waals surface area (Å²) in [6, 6.07) is 11.8. The number of halogens is 3. The monoisotopic (exact) mass is 361 g/mol. The first-order valence-corrected chi connectivity index (χ1v) is 7.49. The number of hydrogen-bond acceptors (Lipinski definition) is 5. The number of nitrogens with two attached hydrogens (primary N) is 1. The van der Waals surface area contributed by atoms with Gasteiger partial charge in [0.2, 0.25) is 5.88 Å². The normalized spacial score (nSPS) is 11.2. The van der Waals surface area contributed by atoms with Gasteiger partial charge in [0.1, 0.15) is 17.7 Å². The van der Waals surface area contributed by atoms with E-state index < -0.39 is 11.7 Å². The molecule has 3 rings (SSSR count). The van der Waals surface area contributed by atoms with Gasteiger partial charge >= 0.3 is 6.18 Å². The van der Waals surface area contributed by atoms with Crippen LogP contribution in [0.15, 0.2) is 54.9 Å². The topological polar surface area (TPSA) is 70.3 Å². The van der Waals surface area contributed by atoms with Crippen molar-refractivity contribution >= 4 is 5.69 Å². The quantitative estimate of drug-likeness (QED) is 0.738. The lowest BCUT2D eigenvalue weighted by atomic mass is 10.0. The van der Waals surface area contributed by atoms with Crippen LogP contribution in [0.25, 0.3) is 11.3 Å². The van der Waals surface area contributed by atoms with Crippen LogP contribution in [0.4, 0.5) is 18.9 Å². The molecule has 0 radical (unpaired) electrons. The Labute approximate surface area is 147 Å². The van der Waals surface area contributed by atoms with E-state index in [9.17, 15) is 13.2 Å². The summed E-state index contributed by atoms with van der Waals surface area (Å²) >= 11 is 0. The van der Waals surface area contributed by atoms with Gasteiger partial charge in [0, 0.05) is 5.56 Å². The molecule has 0 saturated heterocycles. The summed E-state index contributed by atoms with van der Waals surface area (Å²) < 4.78 is 50.7. The molecule has 0 unspecified atom stereocenters. The van der Waals surface area contributed by atoms with Crippen molar-refractivity contribution in [3.05, 3.63) is 60.4 Å². The lowest BCUT2D eigenvalue weighted by Crippen LogP contribution is -2.09. The predicted octanol–water partition coefficient (Wildman–Crippen LogP) is 4.55. The number of aromatic nitrogens is 2. The van der Waals surface area contributed by atoms with Crippen molar-refractivity contribution < 1.29 is 22.6 Å². The van der Waals surface area contributed by atoms with Gasteiger partial charge in [0.25, 0.3) is 0 Å². The fourth-order valence-corrected chi connectivity index (χ4v) is 2.42. The summed E-state index contributed by atoms with van der Waals surface area (Å²) in [6.45, 7) is 0. The zero-order valence-electron chi connectivity index (χ0n) is 13.6. The Hall–Kier alpha value is -3.29. The first-order chi connectivity index (χ1) is 12.4. The molecule has 0 amide bonds. The third-order valence-corrected chi connectivity index (χ3v) is 3.61. The van der Waals surface area contributed by atoms with Crippen molar-refractivity contribution in [2.24, 2.45) is 0 Å². The number of methoxy groups -OCH3 is 1. The average molecular weight is 361 g/mol. The third-order valence-electron chi connectivity index (χ3n) is 3.61. The van der Waals surface area contributed by atoms with E-state index in [0.29, 0.717) is 11.5 Å². The summed E-state index contributed by atoms with van der Waals surface area (Å²) in [5, 5.41) is 0. The Morgan fingerprint density at radius 3 is 2.27 bits per heavy atom. The summed E-state index contributed by atoms with van der Waals surface area (Å²) in [6.07, 6.45) is -3.44. The molecule has 0 saturated carbocycles. The van der Waals surface area contributed by atoms with Crippen molar-refractivity contribution in [3.63, 3.8) is 0 Å². The van der Waals surface area contributed by atoms with Crippen LogP contribution in [0.5, 0.6) is 17.4 Å². The molecule has 0 spiro atoms. The molecule has 26 heavy (non-hydrogen) atoms. The van der Waals surface area contributed by atoms with Crippen molar-refractivity contribution in [2.45, 2.75) is 6.18 Å². The molecule has 2 aromatic carbocycles. The van der Waals surface area contributed by atoms with Crippen LogP contribution in [-0.2, 0) is 6.18 Å². The van der Waals surface area contributed by atoms with Gasteiger partial charge in [-0.05, 0) is 18.2 Å². The van der Waals surface area contributed by atoms with Crippen LogP contribution < -0.4 is 15.2 Å². The highest BCUT2D eigenvalue weighted by molar-refractivity contribution is 5.78. The van der Waals surface area contributed by atoms with Gasteiger partial charge < -0.3 is 15.2 Å². The summed E-state index contributed by atoms with van der Waals surface area (Å²) in [4.78, 5) is 7.85. The SMILES string of the molecule is COc1ccccc1Oc1ncnc(-c2ccccc2C(F)(F)F)c1N. The fourth-order valence-electron chi connectivity index (χ4n) is 2.42. The van der Waals surface area contributed by atoms with Crippen molar-refractivity contribution in [1.29, 1.82) is 0 Å². The van der Waals surface area contributed by atoms with E-state index in [2.05, 4.69) is 9.97 Å². The van der Waals surface area contributed by atoms with E-state index in [1.165, 1.54) is 25.3 Å². The molecular formula is C18H14F3N3O2. The largest absolute Gasteiger partial charge is 0.493 e. The van der Waals surface area contributed by atoms with Crippen molar-refractivity contribution in [2.75, 3.05) is 12.8 Å². The summed E-state index contributed by atoms with van der Waals surface area (Å²) in [7, 11) is 1.47. The predicted molar refractivity (Wildman–Crippen MR) is 90.0 cm³/mol. The number of benzene rings is 2. The maximum absolute atomic E-state index is 13.3. The molecule has 0 aliphatic carbocycles. The van der Waals surface area contributed by atoms with Gasteiger partial charge in [-0.3, -0.25) is 0 Å². The van der Waals surface area contributed by atoms with Crippen molar-refractivity contribution in [1.82, 2.24) is 9.97 Å². The molecule has 3 aromatic rings. The minimum atomic E-state index is -4.54. The standard InChI is InChI=1S/C18H14F3N3O2/c1-25-13-8-4-5-9-14(13)26-17-15(22)16(23-10-24-17)11-6-2-3-7-12(11)18(19,20)21/h2-10H,22H2,1H3. The van der Waals surface area contributed by atoms with Gasteiger partial charge in [0.15, 0.2) is 11.5 Å². The number of alkyl halides is 3. The molecule has 0 fully saturated rings. The molecule has 0 aliphatic rings. The summed E-state index contributed by atoms with van der Waals surface area (Å²) in [5.41, 5.74) is 4.86. The Kier molecular flexibility index (Phi) is 4.66. The first-order valence-electron chi connectivity index (χ1n) is 7.49. The zero-order chi connectivity index (χ0) is 18.7. The van der Waals surface area contributed by atoms with Crippen LogP contribution in [-0.4, -0.2) is 17.1 Å². The highest BCUT2D eigenvalue weighted by atomic mass is 19.4.